The van der Waals surface area contributed by atoms with Crippen molar-refractivity contribution in [3.63, 3.8) is 0 Å². The Labute approximate surface area is 150 Å². The highest BCUT2D eigenvalue weighted by Crippen LogP contribution is 2.41. The first-order valence-corrected chi connectivity index (χ1v) is 9.67. The highest BCUT2D eigenvalue weighted by molar-refractivity contribution is 9.10. The summed E-state index contributed by atoms with van der Waals surface area (Å²) < 4.78 is 39.3. The third-order valence-electron chi connectivity index (χ3n) is 4.12. The number of halogens is 1. The van der Waals surface area contributed by atoms with Crippen LogP contribution in [0.25, 0.3) is 0 Å². The van der Waals surface area contributed by atoms with Crippen molar-refractivity contribution in [3.8, 4) is 11.5 Å². The van der Waals surface area contributed by atoms with Gasteiger partial charge in [0, 0.05) is 12.1 Å². The van der Waals surface area contributed by atoms with Crippen LogP contribution in [-0.2, 0) is 16.4 Å². The van der Waals surface area contributed by atoms with Gasteiger partial charge in [0.25, 0.3) is 10.0 Å². The summed E-state index contributed by atoms with van der Waals surface area (Å²) in [6, 6.07) is 10.5. The second kappa shape index (κ2) is 6.29. The summed E-state index contributed by atoms with van der Waals surface area (Å²) in [5.41, 5.74) is 1.74. The number of fused-ring (bicyclic) bond motifs is 1. The second-order valence-corrected chi connectivity index (χ2v) is 8.26. The topological polar surface area (TPSA) is 55.8 Å². The molecule has 0 aromatic heterocycles. The lowest BCUT2D eigenvalue weighted by Crippen LogP contribution is -2.35. The molecule has 24 heavy (non-hydrogen) atoms. The molecule has 0 unspecified atom stereocenters. The zero-order valence-electron chi connectivity index (χ0n) is 13.6. The van der Waals surface area contributed by atoms with Crippen molar-refractivity contribution in [3.05, 3.63) is 46.4 Å². The molecule has 0 spiro atoms. The van der Waals surface area contributed by atoms with Crippen LogP contribution in [0.2, 0.25) is 0 Å². The van der Waals surface area contributed by atoms with Crippen LogP contribution >= 0.6 is 15.9 Å². The van der Waals surface area contributed by atoms with Crippen molar-refractivity contribution < 1.29 is 17.9 Å². The Bertz CT molecular complexity index is 882. The van der Waals surface area contributed by atoms with E-state index < -0.39 is 10.0 Å². The third kappa shape index (κ3) is 2.65. The number of benzene rings is 2. The summed E-state index contributed by atoms with van der Waals surface area (Å²) in [5, 5.41) is 0. The van der Waals surface area contributed by atoms with Gasteiger partial charge in [-0.15, -0.1) is 0 Å². The molecule has 0 aliphatic carbocycles. The molecule has 0 saturated carbocycles. The van der Waals surface area contributed by atoms with E-state index >= 15 is 0 Å². The summed E-state index contributed by atoms with van der Waals surface area (Å²) in [7, 11) is -0.836. The van der Waals surface area contributed by atoms with Crippen LogP contribution in [0.3, 0.4) is 0 Å². The molecule has 1 aliphatic heterocycles. The maximum Gasteiger partial charge on any atom is 0.268 e. The fourth-order valence-corrected chi connectivity index (χ4v) is 5.38. The van der Waals surface area contributed by atoms with Crippen LogP contribution in [-0.4, -0.2) is 28.7 Å². The van der Waals surface area contributed by atoms with Gasteiger partial charge in [0.2, 0.25) is 0 Å². The van der Waals surface area contributed by atoms with Crippen molar-refractivity contribution >= 4 is 31.6 Å². The minimum atomic E-state index is -3.79. The second-order valence-electron chi connectivity index (χ2n) is 5.62. The molecule has 128 valence electrons. The summed E-state index contributed by atoms with van der Waals surface area (Å²) in [4.78, 5) is 0.0913. The minimum Gasteiger partial charge on any atom is -0.496 e. The highest BCUT2D eigenvalue weighted by Gasteiger charge is 2.37. The number of sulfonamides is 1. The number of methoxy groups -OCH3 is 2. The zero-order chi connectivity index (χ0) is 17.5. The molecule has 2 aromatic carbocycles. The fourth-order valence-electron chi connectivity index (χ4n) is 3.04. The minimum absolute atomic E-state index is 0.0913. The van der Waals surface area contributed by atoms with E-state index in [0.29, 0.717) is 22.3 Å². The van der Waals surface area contributed by atoms with Crippen molar-refractivity contribution in [2.75, 3.05) is 18.5 Å². The Morgan fingerprint density at radius 2 is 1.79 bits per heavy atom. The first kappa shape index (κ1) is 17.1. The number of ether oxygens (including phenoxy) is 2. The van der Waals surface area contributed by atoms with Crippen LogP contribution in [0.4, 0.5) is 5.69 Å². The van der Waals surface area contributed by atoms with Gasteiger partial charge in [0.1, 0.15) is 16.4 Å². The number of para-hydroxylation sites is 1. The molecular formula is C17H18BrNO4S. The van der Waals surface area contributed by atoms with Crippen molar-refractivity contribution in [2.45, 2.75) is 24.3 Å². The van der Waals surface area contributed by atoms with Gasteiger partial charge < -0.3 is 9.47 Å². The van der Waals surface area contributed by atoms with E-state index in [1.165, 1.54) is 24.6 Å². The summed E-state index contributed by atoms with van der Waals surface area (Å²) >= 11 is 3.36. The van der Waals surface area contributed by atoms with Crippen molar-refractivity contribution in [2.24, 2.45) is 0 Å². The van der Waals surface area contributed by atoms with E-state index in [-0.39, 0.29) is 16.7 Å². The number of hydrogen-bond acceptors (Lipinski definition) is 4. The van der Waals surface area contributed by atoms with Gasteiger partial charge in [0.15, 0.2) is 0 Å². The van der Waals surface area contributed by atoms with Crippen LogP contribution in [0.15, 0.2) is 45.8 Å². The van der Waals surface area contributed by atoms with Gasteiger partial charge in [-0.05, 0) is 47.0 Å². The van der Waals surface area contributed by atoms with Gasteiger partial charge >= 0.3 is 0 Å². The standard InChI is InChI=1S/C17H18BrNO4S/c1-11-8-12-6-4-5-7-14(12)19(11)24(20,21)17-10-15(22-2)13(18)9-16(17)23-3/h4-7,9-11H,8H2,1-3H3/t11-/m1/s1. The molecule has 0 fully saturated rings. The number of hydrogen-bond donors (Lipinski definition) is 0. The molecular weight excluding hydrogens is 394 g/mol. The van der Waals surface area contributed by atoms with E-state index in [2.05, 4.69) is 15.9 Å². The average molecular weight is 412 g/mol. The first-order valence-electron chi connectivity index (χ1n) is 7.44. The predicted molar refractivity (Wildman–Crippen MR) is 96.5 cm³/mol. The molecule has 5 nitrogen and oxygen atoms in total. The lowest BCUT2D eigenvalue weighted by molar-refractivity contribution is 0.390. The molecule has 2 aromatic rings. The maximum absolute atomic E-state index is 13.3. The average Bonchev–Trinajstić information content (AvgIpc) is 2.90. The van der Waals surface area contributed by atoms with Crippen LogP contribution in [0, 0.1) is 0 Å². The Morgan fingerprint density at radius 3 is 2.46 bits per heavy atom. The third-order valence-corrected chi connectivity index (χ3v) is 6.69. The van der Waals surface area contributed by atoms with Gasteiger partial charge in [-0.1, -0.05) is 18.2 Å². The van der Waals surface area contributed by atoms with Crippen LogP contribution < -0.4 is 13.8 Å². The molecule has 1 atom stereocenters. The van der Waals surface area contributed by atoms with Gasteiger partial charge in [-0.3, -0.25) is 4.31 Å². The van der Waals surface area contributed by atoms with Crippen LogP contribution in [0.1, 0.15) is 12.5 Å². The molecule has 3 rings (SSSR count). The molecule has 0 radical (unpaired) electrons. The fraction of sp³-hybridized carbons (Fsp3) is 0.294. The Morgan fingerprint density at radius 1 is 1.12 bits per heavy atom. The van der Waals surface area contributed by atoms with E-state index in [4.69, 9.17) is 9.47 Å². The van der Waals surface area contributed by atoms with Crippen molar-refractivity contribution in [1.82, 2.24) is 0 Å². The van der Waals surface area contributed by atoms with Gasteiger partial charge in [-0.25, -0.2) is 8.42 Å². The van der Waals surface area contributed by atoms with E-state index in [1.54, 1.807) is 6.07 Å². The lowest BCUT2D eigenvalue weighted by atomic mass is 10.1. The Kier molecular flexibility index (Phi) is 4.48. The van der Waals surface area contributed by atoms with Crippen molar-refractivity contribution in [1.29, 1.82) is 0 Å². The molecule has 0 N–H and O–H groups in total. The summed E-state index contributed by atoms with van der Waals surface area (Å²) in [6.07, 6.45) is 0.686. The predicted octanol–water partition coefficient (Wildman–Crippen LogP) is 3.61. The quantitative estimate of drug-likeness (QED) is 0.770. The van der Waals surface area contributed by atoms with E-state index in [9.17, 15) is 8.42 Å². The summed E-state index contributed by atoms with van der Waals surface area (Å²) in [6.45, 7) is 1.90. The summed E-state index contributed by atoms with van der Waals surface area (Å²) in [5.74, 6) is 0.716. The van der Waals surface area contributed by atoms with Gasteiger partial charge in [0.05, 0.1) is 24.4 Å². The monoisotopic (exact) mass is 411 g/mol. The SMILES string of the molecule is COc1cc(S(=O)(=O)N2c3ccccc3C[C@H]2C)c(OC)cc1Br. The normalized spacial score (nSPS) is 16.8. The molecule has 7 heteroatoms. The molecule has 1 heterocycles. The van der Waals surface area contributed by atoms with E-state index in [0.717, 1.165) is 5.56 Å². The molecule has 0 amide bonds. The lowest BCUT2D eigenvalue weighted by Gasteiger charge is -2.25. The molecule has 1 aliphatic rings. The number of anilines is 1. The molecule has 0 saturated heterocycles. The van der Waals surface area contributed by atoms with Gasteiger partial charge in [-0.2, -0.15) is 0 Å². The van der Waals surface area contributed by atoms with E-state index in [1.807, 2.05) is 31.2 Å². The first-order chi connectivity index (χ1) is 11.4. The Hall–Kier alpha value is -1.73. The Balaban J connectivity index is 2.19. The number of nitrogens with zero attached hydrogens (tertiary/aromatic N) is 1. The van der Waals surface area contributed by atoms with Crippen LogP contribution in [0.5, 0.6) is 11.5 Å². The molecule has 0 bridgehead atoms. The number of rotatable bonds is 4. The smallest absolute Gasteiger partial charge is 0.268 e. The zero-order valence-corrected chi connectivity index (χ0v) is 16.0. The maximum atomic E-state index is 13.3. The largest absolute Gasteiger partial charge is 0.496 e. The highest BCUT2D eigenvalue weighted by atomic mass is 79.9.